The van der Waals surface area contributed by atoms with E-state index in [0.29, 0.717) is 0 Å². The second-order valence-electron chi connectivity index (χ2n) is 8.50. The summed E-state index contributed by atoms with van der Waals surface area (Å²) in [6.45, 7) is 4.85. The van der Waals surface area contributed by atoms with Gasteiger partial charge in [-0.15, -0.1) is 38.7 Å². The summed E-state index contributed by atoms with van der Waals surface area (Å²) in [6, 6.07) is -1.50. The summed E-state index contributed by atoms with van der Waals surface area (Å²) in [6.07, 6.45) is -15.3. The molecule has 0 spiro atoms. The predicted molar refractivity (Wildman–Crippen MR) is 101 cm³/mol. The number of hydrogen-bond acceptors (Lipinski definition) is 6. The Balaban J connectivity index is 0.000000639. The van der Waals surface area contributed by atoms with Crippen molar-refractivity contribution in [1.29, 1.82) is 0 Å². The zero-order valence-electron chi connectivity index (χ0n) is 17.6. The van der Waals surface area contributed by atoms with Crippen LogP contribution in [0.5, 0.6) is 0 Å². The van der Waals surface area contributed by atoms with Crippen molar-refractivity contribution in [3.05, 3.63) is 0 Å². The van der Waals surface area contributed by atoms with Gasteiger partial charge in [0, 0.05) is 24.4 Å². The fourth-order valence-electron chi connectivity index (χ4n) is 3.72. The van der Waals surface area contributed by atoms with E-state index in [0.717, 1.165) is 4.90 Å². The van der Waals surface area contributed by atoms with Gasteiger partial charge in [-0.3, -0.25) is 14.4 Å². The highest BCUT2D eigenvalue weighted by Gasteiger charge is 2.46. The van der Waals surface area contributed by atoms with Gasteiger partial charge in [-0.05, 0) is 33.6 Å². The Bertz CT molecular complexity index is 594. The van der Waals surface area contributed by atoms with E-state index in [-0.39, 0.29) is 38.1 Å². The molecule has 0 radical (unpaired) electrons. The number of aliphatic hydroxyl groups is 2. The average Bonchev–Trinajstić information content (AvgIpc) is 2.96. The molecule has 0 bridgehead atoms. The molecule has 0 aromatic rings. The number of rotatable bonds is 3. The van der Waals surface area contributed by atoms with Crippen molar-refractivity contribution in [2.24, 2.45) is 5.73 Å². The lowest BCUT2D eigenvalue weighted by Crippen LogP contribution is -2.53. The van der Waals surface area contributed by atoms with Crippen LogP contribution in [0.25, 0.3) is 0 Å². The van der Waals surface area contributed by atoms with E-state index in [1.807, 2.05) is 0 Å². The standard InChI is InChI=1S/C11H18F3NO4.C6H10F3NO2.ClH/c1-10(2,3)15(9(17)18)7-4-6(5-8(7)16)19-11(12,13)14;7-6(8,9)12-3-1-4(10)5(11)2-3;/h6-8,16H,4-5H2,1-3H3,(H,17,18);3-5,11H,1-2,10H2;1H/t6-,7-,8-;3-,4-,5-;/m00./s1. The van der Waals surface area contributed by atoms with Crippen LogP contribution in [0.3, 0.4) is 0 Å². The second-order valence-corrected chi connectivity index (χ2v) is 8.50. The van der Waals surface area contributed by atoms with Crippen LogP contribution in [0.2, 0.25) is 0 Å². The number of amides is 1. The Morgan fingerprint density at radius 3 is 1.59 bits per heavy atom. The quantitative estimate of drug-likeness (QED) is 0.434. The maximum Gasteiger partial charge on any atom is 0.522 e. The summed E-state index contributed by atoms with van der Waals surface area (Å²) in [5.41, 5.74) is 4.48. The van der Waals surface area contributed by atoms with Crippen LogP contribution in [0.15, 0.2) is 0 Å². The number of ether oxygens (including phenoxy) is 2. The van der Waals surface area contributed by atoms with Gasteiger partial charge in [0.2, 0.25) is 0 Å². The maximum absolute atomic E-state index is 12.1. The van der Waals surface area contributed by atoms with Gasteiger partial charge in [0.25, 0.3) is 0 Å². The molecule has 1 amide bonds. The van der Waals surface area contributed by atoms with Crippen molar-refractivity contribution in [2.45, 2.75) is 101 Å². The summed E-state index contributed by atoms with van der Waals surface area (Å²) < 4.78 is 78.8. The number of carboxylic acid groups (broad SMARTS) is 1. The van der Waals surface area contributed by atoms with Crippen molar-refractivity contribution in [3.8, 4) is 0 Å². The first-order valence-corrected chi connectivity index (χ1v) is 9.43. The molecule has 15 heteroatoms. The lowest BCUT2D eigenvalue weighted by molar-refractivity contribution is -0.343. The van der Waals surface area contributed by atoms with Crippen molar-refractivity contribution >= 4 is 18.5 Å². The van der Waals surface area contributed by atoms with Crippen LogP contribution in [0.4, 0.5) is 31.1 Å². The zero-order chi connectivity index (χ0) is 24.4. The Hall–Kier alpha value is -1.06. The fourth-order valence-corrected chi connectivity index (χ4v) is 3.72. The summed E-state index contributed by atoms with van der Waals surface area (Å²) >= 11 is 0. The van der Waals surface area contributed by atoms with Crippen LogP contribution in [-0.4, -0.2) is 81.1 Å². The second kappa shape index (κ2) is 11.4. The van der Waals surface area contributed by atoms with Gasteiger partial charge < -0.3 is 21.1 Å². The van der Waals surface area contributed by atoms with Crippen molar-refractivity contribution in [3.63, 3.8) is 0 Å². The van der Waals surface area contributed by atoms with E-state index in [1.165, 1.54) is 0 Å². The van der Waals surface area contributed by atoms with Gasteiger partial charge in [0.05, 0.1) is 30.5 Å². The molecule has 2 fully saturated rings. The third-order valence-corrected chi connectivity index (χ3v) is 4.85. The third kappa shape index (κ3) is 10.3. The van der Waals surface area contributed by atoms with Crippen molar-refractivity contribution < 1.29 is 55.9 Å². The first-order chi connectivity index (χ1) is 13.8. The molecule has 5 N–H and O–H groups in total. The fraction of sp³-hybridized carbons (Fsp3) is 0.941. The van der Waals surface area contributed by atoms with E-state index in [2.05, 4.69) is 9.47 Å². The van der Waals surface area contributed by atoms with Crippen LogP contribution in [0, 0.1) is 0 Å². The molecule has 2 aliphatic carbocycles. The summed E-state index contributed by atoms with van der Waals surface area (Å²) in [5, 5.41) is 27.9. The van der Waals surface area contributed by atoms with E-state index in [1.54, 1.807) is 20.8 Å². The minimum Gasteiger partial charge on any atom is -0.465 e. The first-order valence-electron chi connectivity index (χ1n) is 9.43. The van der Waals surface area contributed by atoms with E-state index >= 15 is 0 Å². The molecule has 32 heavy (non-hydrogen) atoms. The van der Waals surface area contributed by atoms with Gasteiger partial charge >= 0.3 is 18.8 Å². The van der Waals surface area contributed by atoms with E-state index in [9.17, 15) is 36.2 Å². The summed E-state index contributed by atoms with van der Waals surface area (Å²) in [4.78, 5) is 12.2. The van der Waals surface area contributed by atoms with Crippen LogP contribution < -0.4 is 5.73 Å². The molecule has 8 nitrogen and oxygen atoms in total. The molecule has 0 aliphatic heterocycles. The predicted octanol–water partition coefficient (Wildman–Crippen LogP) is 2.99. The van der Waals surface area contributed by atoms with Crippen molar-refractivity contribution in [1.82, 2.24) is 4.90 Å². The van der Waals surface area contributed by atoms with Gasteiger partial charge in [0.15, 0.2) is 0 Å². The normalized spacial score (nSPS) is 30.9. The molecule has 2 saturated carbocycles. The Morgan fingerprint density at radius 2 is 1.28 bits per heavy atom. The average molecular weight is 507 g/mol. The van der Waals surface area contributed by atoms with Gasteiger partial charge in [0.1, 0.15) is 0 Å². The number of aliphatic hydroxyl groups excluding tert-OH is 2. The van der Waals surface area contributed by atoms with Gasteiger partial charge in [-0.2, -0.15) is 0 Å². The topological polar surface area (TPSA) is 125 Å². The molecule has 0 heterocycles. The SMILES string of the molecule is CC(C)(C)N(C(=O)O)[C@H]1C[C@H](OC(F)(F)F)C[C@@H]1O.Cl.N[C@H]1C[C@H](OC(F)(F)F)C[C@@H]1O. The molecule has 6 atom stereocenters. The molecular weight excluding hydrogens is 478 g/mol. The molecule has 0 aromatic heterocycles. The minimum atomic E-state index is -4.78. The van der Waals surface area contributed by atoms with Crippen LogP contribution >= 0.6 is 12.4 Å². The number of nitrogens with zero attached hydrogens (tertiary/aromatic N) is 1. The Labute approximate surface area is 187 Å². The molecule has 2 aliphatic rings. The van der Waals surface area contributed by atoms with Crippen LogP contribution in [0.1, 0.15) is 46.5 Å². The number of nitrogens with two attached hydrogens (primary N) is 1. The Kier molecular flexibility index (Phi) is 11.0. The number of hydrogen-bond donors (Lipinski definition) is 4. The molecule has 192 valence electrons. The largest absolute Gasteiger partial charge is 0.522 e. The first kappa shape index (κ1) is 30.9. The lowest BCUT2D eigenvalue weighted by atomic mass is 10.0. The highest BCUT2D eigenvalue weighted by Crippen LogP contribution is 2.34. The highest BCUT2D eigenvalue weighted by molar-refractivity contribution is 5.85. The smallest absolute Gasteiger partial charge is 0.465 e. The molecule has 0 saturated heterocycles. The summed E-state index contributed by atoms with van der Waals surface area (Å²) in [7, 11) is 0. The monoisotopic (exact) mass is 506 g/mol. The maximum atomic E-state index is 12.1. The number of carbonyl (C=O) groups is 1. The molecule has 0 aromatic carbocycles. The number of halogens is 7. The molecule has 2 rings (SSSR count). The van der Waals surface area contributed by atoms with E-state index in [4.69, 9.17) is 15.9 Å². The lowest BCUT2D eigenvalue weighted by Gasteiger charge is -2.39. The third-order valence-electron chi connectivity index (χ3n) is 4.85. The number of alkyl halides is 6. The molecule has 0 unspecified atom stereocenters. The zero-order valence-corrected chi connectivity index (χ0v) is 18.4. The van der Waals surface area contributed by atoms with Gasteiger partial charge in [-0.1, -0.05) is 0 Å². The minimum absolute atomic E-state index is 0. The van der Waals surface area contributed by atoms with Crippen molar-refractivity contribution in [2.75, 3.05) is 0 Å². The van der Waals surface area contributed by atoms with E-state index < -0.39 is 60.9 Å². The Morgan fingerprint density at radius 1 is 0.875 bits per heavy atom. The van der Waals surface area contributed by atoms with Crippen LogP contribution in [-0.2, 0) is 9.47 Å². The highest BCUT2D eigenvalue weighted by atomic mass is 35.5. The summed E-state index contributed by atoms with van der Waals surface area (Å²) in [5.74, 6) is 0. The molecular formula is C17H29ClF6N2O6. The van der Waals surface area contributed by atoms with Gasteiger partial charge in [-0.25, -0.2) is 4.79 Å².